The van der Waals surface area contributed by atoms with Gasteiger partial charge in [-0.25, -0.2) is 4.99 Å². The number of thioether (sulfide) groups is 1. The second-order valence-corrected chi connectivity index (χ2v) is 7.15. The molecule has 0 bridgehead atoms. The highest BCUT2D eigenvalue weighted by atomic mass is 32.2. The second-order valence-electron chi connectivity index (χ2n) is 6.14. The fourth-order valence-electron chi connectivity index (χ4n) is 2.73. The lowest BCUT2D eigenvalue weighted by Crippen LogP contribution is -2.32. The molecule has 3 rings (SSSR count). The van der Waals surface area contributed by atoms with Crippen molar-refractivity contribution in [2.75, 3.05) is 27.4 Å². The van der Waals surface area contributed by atoms with Gasteiger partial charge in [0.2, 0.25) is 5.75 Å². The fourth-order valence-corrected chi connectivity index (χ4v) is 3.75. The molecule has 0 atom stereocenters. The van der Waals surface area contributed by atoms with Crippen LogP contribution in [0.4, 0.5) is 11.4 Å². The second kappa shape index (κ2) is 9.42. The summed E-state index contributed by atoms with van der Waals surface area (Å²) in [7, 11) is 2.84. The average molecular weight is 429 g/mol. The van der Waals surface area contributed by atoms with E-state index in [9.17, 15) is 20.0 Å². The maximum absolute atomic E-state index is 12.9. The van der Waals surface area contributed by atoms with Crippen molar-refractivity contribution < 1.29 is 24.3 Å². The van der Waals surface area contributed by atoms with Crippen molar-refractivity contribution in [3.8, 4) is 11.5 Å². The monoisotopic (exact) mass is 429 g/mol. The van der Waals surface area contributed by atoms with Crippen LogP contribution in [0.3, 0.4) is 0 Å². The maximum Gasteiger partial charge on any atom is 0.315 e. The predicted octanol–water partition coefficient (Wildman–Crippen LogP) is 3.56. The molecule has 0 aromatic heterocycles. The number of phenols is 1. The Bertz CT molecular complexity index is 1020. The molecular formula is C20H19N3O6S. The highest BCUT2D eigenvalue weighted by Gasteiger charge is 2.33. The molecule has 0 unspecified atom stereocenters. The number of rotatable bonds is 7. The van der Waals surface area contributed by atoms with Gasteiger partial charge in [-0.2, -0.15) is 0 Å². The average Bonchev–Trinajstić information content (AvgIpc) is 3.02. The largest absolute Gasteiger partial charge is 0.500 e. The standard InChI is InChI=1S/C20H19N3O6S/c1-28-9-8-22-19(25)17(30-20(22)21-14-6-4-3-5-7-14)12-13-10-15(23(26)27)18(24)16(11-13)29-2/h3-7,10-12,24H,8-9H2,1-2H3/b17-12+,21-20?. The van der Waals surface area contributed by atoms with E-state index in [1.54, 1.807) is 7.11 Å². The third kappa shape index (κ3) is 4.61. The molecule has 2 aromatic rings. The van der Waals surface area contributed by atoms with E-state index in [0.29, 0.717) is 34.5 Å². The lowest BCUT2D eigenvalue weighted by atomic mass is 10.1. The molecule has 2 aromatic carbocycles. The number of amides is 1. The summed E-state index contributed by atoms with van der Waals surface area (Å²) in [5.74, 6) is -0.912. The Morgan fingerprint density at radius 1 is 1.27 bits per heavy atom. The van der Waals surface area contributed by atoms with Crippen LogP contribution < -0.4 is 4.74 Å². The zero-order valence-electron chi connectivity index (χ0n) is 16.3. The number of carbonyl (C=O) groups excluding carboxylic acids is 1. The van der Waals surface area contributed by atoms with E-state index in [1.165, 1.54) is 30.2 Å². The topological polar surface area (TPSA) is 114 Å². The van der Waals surface area contributed by atoms with Crippen molar-refractivity contribution in [1.29, 1.82) is 0 Å². The Labute approximate surface area is 176 Å². The zero-order valence-corrected chi connectivity index (χ0v) is 17.1. The Balaban J connectivity index is 2.01. The number of ether oxygens (including phenoxy) is 2. The Kier molecular flexibility index (Phi) is 6.70. The Morgan fingerprint density at radius 3 is 2.63 bits per heavy atom. The maximum atomic E-state index is 12.9. The summed E-state index contributed by atoms with van der Waals surface area (Å²) in [6, 6.07) is 11.8. The van der Waals surface area contributed by atoms with Gasteiger partial charge in [-0.3, -0.25) is 19.8 Å². The third-order valence-electron chi connectivity index (χ3n) is 4.18. The number of nitro benzene ring substituents is 1. The number of benzene rings is 2. The molecule has 1 N–H and O–H groups in total. The number of carbonyl (C=O) groups is 1. The molecule has 0 spiro atoms. The Hall–Kier alpha value is -3.37. The number of nitro groups is 1. The molecule has 1 amide bonds. The number of nitrogens with zero attached hydrogens (tertiary/aromatic N) is 3. The molecule has 0 saturated carbocycles. The molecule has 0 aliphatic carbocycles. The summed E-state index contributed by atoms with van der Waals surface area (Å²) in [5.41, 5.74) is 0.532. The number of aromatic hydroxyl groups is 1. The van der Waals surface area contributed by atoms with E-state index >= 15 is 0 Å². The van der Waals surface area contributed by atoms with Gasteiger partial charge in [0.25, 0.3) is 5.91 Å². The minimum atomic E-state index is -0.712. The summed E-state index contributed by atoms with van der Waals surface area (Å²) >= 11 is 1.16. The molecular weight excluding hydrogens is 410 g/mol. The molecule has 1 fully saturated rings. The van der Waals surface area contributed by atoms with Gasteiger partial charge in [0, 0.05) is 13.2 Å². The van der Waals surface area contributed by atoms with Crippen molar-refractivity contribution in [2.24, 2.45) is 4.99 Å². The zero-order chi connectivity index (χ0) is 21.7. The fraction of sp³-hybridized carbons (Fsp3) is 0.200. The van der Waals surface area contributed by atoms with Gasteiger partial charge in [0.15, 0.2) is 10.9 Å². The van der Waals surface area contributed by atoms with Crippen LogP contribution in [0.1, 0.15) is 5.56 Å². The van der Waals surface area contributed by atoms with Gasteiger partial charge < -0.3 is 14.6 Å². The van der Waals surface area contributed by atoms with Gasteiger partial charge in [-0.15, -0.1) is 0 Å². The van der Waals surface area contributed by atoms with Gasteiger partial charge in [-0.1, -0.05) is 18.2 Å². The molecule has 0 radical (unpaired) electrons. The molecule has 1 saturated heterocycles. The highest BCUT2D eigenvalue weighted by molar-refractivity contribution is 8.18. The summed E-state index contributed by atoms with van der Waals surface area (Å²) in [6.45, 7) is 0.635. The van der Waals surface area contributed by atoms with Gasteiger partial charge in [0.05, 0.1) is 35.8 Å². The molecule has 9 nitrogen and oxygen atoms in total. The molecule has 10 heteroatoms. The predicted molar refractivity (Wildman–Crippen MR) is 114 cm³/mol. The van der Waals surface area contributed by atoms with Crippen molar-refractivity contribution in [3.05, 3.63) is 63.0 Å². The van der Waals surface area contributed by atoms with Crippen LogP contribution in [0.15, 0.2) is 52.4 Å². The summed E-state index contributed by atoms with van der Waals surface area (Å²) < 4.78 is 10.1. The summed E-state index contributed by atoms with van der Waals surface area (Å²) in [6.07, 6.45) is 1.51. The lowest BCUT2D eigenvalue weighted by molar-refractivity contribution is -0.386. The number of amidine groups is 1. The van der Waals surface area contributed by atoms with Crippen LogP contribution in [0, 0.1) is 10.1 Å². The van der Waals surface area contributed by atoms with Crippen LogP contribution in [0.25, 0.3) is 6.08 Å². The quantitative estimate of drug-likeness (QED) is 0.406. The van der Waals surface area contributed by atoms with E-state index in [2.05, 4.69) is 4.99 Å². The first kappa shape index (κ1) is 21.3. The van der Waals surface area contributed by atoms with Crippen molar-refractivity contribution in [1.82, 2.24) is 4.90 Å². The minimum absolute atomic E-state index is 0.0547. The number of methoxy groups -OCH3 is 2. The summed E-state index contributed by atoms with van der Waals surface area (Å²) in [4.78, 5) is 29.8. The summed E-state index contributed by atoms with van der Waals surface area (Å²) in [5, 5.41) is 21.6. The van der Waals surface area contributed by atoms with E-state index in [1.807, 2.05) is 30.3 Å². The molecule has 1 aliphatic heterocycles. The number of phenolic OH excluding ortho intramolecular Hbond substituents is 1. The van der Waals surface area contributed by atoms with E-state index in [-0.39, 0.29) is 11.7 Å². The SMILES string of the molecule is COCCN1C(=O)/C(=C\c2cc(OC)c(O)c([N+](=O)[O-])c2)SC1=Nc1ccccc1. The highest BCUT2D eigenvalue weighted by Crippen LogP contribution is 2.39. The molecule has 1 heterocycles. The third-order valence-corrected chi connectivity index (χ3v) is 5.19. The lowest BCUT2D eigenvalue weighted by Gasteiger charge is -2.14. The first-order valence-electron chi connectivity index (χ1n) is 8.84. The van der Waals surface area contributed by atoms with Crippen LogP contribution >= 0.6 is 11.8 Å². The number of hydrogen-bond acceptors (Lipinski definition) is 8. The van der Waals surface area contributed by atoms with Crippen molar-refractivity contribution in [2.45, 2.75) is 0 Å². The minimum Gasteiger partial charge on any atom is -0.500 e. The van der Waals surface area contributed by atoms with Gasteiger partial charge >= 0.3 is 5.69 Å². The number of para-hydroxylation sites is 1. The molecule has 30 heavy (non-hydrogen) atoms. The van der Waals surface area contributed by atoms with E-state index < -0.39 is 16.4 Å². The molecule has 1 aliphatic rings. The van der Waals surface area contributed by atoms with Crippen LogP contribution in [0.5, 0.6) is 11.5 Å². The van der Waals surface area contributed by atoms with Crippen molar-refractivity contribution in [3.63, 3.8) is 0 Å². The van der Waals surface area contributed by atoms with Crippen LogP contribution in [-0.2, 0) is 9.53 Å². The van der Waals surface area contributed by atoms with Crippen LogP contribution in [-0.4, -0.2) is 53.4 Å². The number of hydrogen-bond donors (Lipinski definition) is 1. The van der Waals surface area contributed by atoms with E-state index in [4.69, 9.17) is 9.47 Å². The van der Waals surface area contributed by atoms with E-state index in [0.717, 1.165) is 11.8 Å². The molecule has 156 valence electrons. The van der Waals surface area contributed by atoms with Crippen molar-refractivity contribution >= 4 is 40.3 Å². The smallest absolute Gasteiger partial charge is 0.315 e. The Morgan fingerprint density at radius 2 is 2.00 bits per heavy atom. The number of aliphatic imine (C=N–C) groups is 1. The normalized spacial score (nSPS) is 16.5. The van der Waals surface area contributed by atoms with Gasteiger partial charge in [0.1, 0.15) is 0 Å². The van der Waals surface area contributed by atoms with Gasteiger partial charge in [-0.05, 0) is 41.6 Å². The first-order valence-corrected chi connectivity index (χ1v) is 9.65. The van der Waals surface area contributed by atoms with Crippen LogP contribution in [0.2, 0.25) is 0 Å². The first-order chi connectivity index (χ1) is 14.4.